The van der Waals surface area contributed by atoms with Gasteiger partial charge in [0.25, 0.3) is 0 Å². The molecule has 0 aromatic heterocycles. The van der Waals surface area contributed by atoms with Crippen LogP contribution >= 0.6 is 0 Å². The summed E-state index contributed by atoms with van der Waals surface area (Å²) in [4.78, 5) is 25.1. The minimum atomic E-state index is -0.843. The van der Waals surface area contributed by atoms with E-state index in [4.69, 9.17) is 4.74 Å². The van der Waals surface area contributed by atoms with E-state index >= 15 is 0 Å². The lowest BCUT2D eigenvalue weighted by Crippen LogP contribution is -2.24. The maximum absolute atomic E-state index is 12.6. The van der Waals surface area contributed by atoms with E-state index in [0.29, 0.717) is 11.1 Å². The molecule has 138 valence electrons. The molecule has 0 saturated heterocycles. The van der Waals surface area contributed by atoms with E-state index in [9.17, 15) is 9.59 Å². The topological polar surface area (TPSA) is 43.4 Å². The Morgan fingerprint density at radius 1 is 0.815 bits per heavy atom. The van der Waals surface area contributed by atoms with Crippen molar-refractivity contribution < 1.29 is 14.3 Å². The second-order valence-corrected chi connectivity index (χ2v) is 7.80. The highest BCUT2D eigenvalue weighted by atomic mass is 16.5. The van der Waals surface area contributed by atoms with Crippen molar-refractivity contribution in [2.24, 2.45) is 0 Å². The molecule has 3 nitrogen and oxygen atoms in total. The molecule has 1 atom stereocenters. The number of benzene rings is 3. The number of hydrogen-bond acceptors (Lipinski definition) is 3. The van der Waals surface area contributed by atoms with Crippen molar-refractivity contribution in [2.45, 2.75) is 39.2 Å². The van der Waals surface area contributed by atoms with Gasteiger partial charge in [0.15, 0.2) is 6.10 Å². The van der Waals surface area contributed by atoms with Crippen LogP contribution < -0.4 is 0 Å². The van der Waals surface area contributed by atoms with Crippen LogP contribution in [0.3, 0.4) is 0 Å². The van der Waals surface area contributed by atoms with Gasteiger partial charge >= 0.3 is 5.97 Å². The Kier molecular flexibility index (Phi) is 5.13. The van der Waals surface area contributed by atoms with Gasteiger partial charge in [-0.2, -0.15) is 0 Å². The van der Waals surface area contributed by atoms with Crippen molar-refractivity contribution in [3.63, 3.8) is 0 Å². The lowest BCUT2D eigenvalue weighted by molar-refractivity contribution is 0.0319. The molecular formula is C24H24O3. The van der Waals surface area contributed by atoms with Gasteiger partial charge in [0, 0.05) is 5.56 Å². The third kappa shape index (κ3) is 4.25. The molecule has 0 spiro atoms. The van der Waals surface area contributed by atoms with E-state index in [1.54, 1.807) is 31.2 Å². The summed E-state index contributed by atoms with van der Waals surface area (Å²) in [7, 11) is 0. The van der Waals surface area contributed by atoms with Crippen molar-refractivity contribution in [1.82, 2.24) is 0 Å². The Bertz CT molecular complexity index is 978. The lowest BCUT2D eigenvalue weighted by atomic mass is 9.86. The van der Waals surface area contributed by atoms with E-state index in [2.05, 4.69) is 20.8 Å². The van der Waals surface area contributed by atoms with Gasteiger partial charge in [0.1, 0.15) is 0 Å². The normalized spacial score (nSPS) is 12.6. The molecule has 0 unspecified atom stereocenters. The fraction of sp³-hybridized carbons (Fsp3) is 0.250. The van der Waals surface area contributed by atoms with Crippen LogP contribution in [-0.4, -0.2) is 17.9 Å². The Hall–Kier alpha value is -2.94. The molecule has 3 aromatic carbocycles. The summed E-state index contributed by atoms with van der Waals surface area (Å²) in [6.07, 6.45) is -0.843. The maximum Gasteiger partial charge on any atom is 0.338 e. The first kappa shape index (κ1) is 18.8. The average Bonchev–Trinajstić information content (AvgIpc) is 2.66. The van der Waals surface area contributed by atoms with Crippen LogP contribution in [0.1, 0.15) is 54.0 Å². The van der Waals surface area contributed by atoms with Crippen LogP contribution in [0.4, 0.5) is 0 Å². The quantitative estimate of drug-likeness (QED) is 0.451. The highest BCUT2D eigenvalue weighted by Crippen LogP contribution is 2.23. The number of carbonyl (C=O) groups excluding carboxylic acids is 2. The molecule has 0 saturated carbocycles. The first-order chi connectivity index (χ1) is 12.8. The van der Waals surface area contributed by atoms with Gasteiger partial charge in [-0.15, -0.1) is 0 Å². The van der Waals surface area contributed by atoms with Crippen molar-refractivity contribution >= 4 is 22.5 Å². The van der Waals surface area contributed by atoms with E-state index in [0.717, 1.165) is 16.3 Å². The third-order valence-electron chi connectivity index (χ3n) is 4.67. The van der Waals surface area contributed by atoms with Gasteiger partial charge < -0.3 is 4.74 Å². The molecule has 3 rings (SSSR count). The predicted molar refractivity (Wildman–Crippen MR) is 108 cm³/mol. The molecule has 0 amide bonds. The fourth-order valence-electron chi connectivity index (χ4n) is 2.97. The molecule has 0 N–H and O–H groups in total. The first-order valence-electron chi connectivity index (χ1n) is 9.10. The van der Waals surface area contributed by atoms with Crippen LogP contribution in [0.5, 0.6) is 0 Å². The molecule has 0 fully saturated rings. The predicted octanol–water partition coefficient (Wildman–Crippen LogP) is 5.57. The third-order valence-corrected chi connectivity index (χ3v) is 4.67. The highest BCUT2D eigenvalue weighted by Gasteiger charge is 2.21. The molecular weight excluding hydrogens is 336 g/mol. The average molecular weight is 360 g/mol. The van der Waals surface area contributed by atoms with Crippen molar-refractivity contribution in [1.29, 1.82) is 0 Å². The molecule has 0 radical (unpaired) electrons. The van der Waals surface area contributed by atoms with E-state index in [-0.39, 0.29) is 11.2 Å². The monoisotopic (exact) mass is 360 g/mol. The molecule has 3 heteroatoms. The van der Waals surface area contributed by atoms with Crippen LogP contribution in [0.2, 0.25) is 0 Å². The number of ether oxygens (including phenoxy) is 1. The summed E-state index contributed by atoms with van der Waals surface area (Å²) in [5.41, 5.74) is 2.16. The zero-order valence-corrected chi connectivity index (χ0v) is 16.2. The Morgan fingerprint density at radius 3 is 2.04 bits per heavy atom. The first-order valence-corrected chi connectivity index (χ1v) is 9.10. The van der Waals surface area contributed by atoms with E-state index in [1.807, 2.05) is 42.5 Å². The molecule has 0 aliphatic carbocycles. The minimum absolute atomic E-state index is 0.0236. The van der Waals surface area contributed by atoms with Crippen LogP contribution in [0.25, 0.3) is 10.8 Å². The number of hydrogen-bond donors (Lipinski definition) is 0. The van der Waals surface area contributed by atoms with Crippen molar-refractivity contribution in [3.05, 3.63) is 83.4 Å². The standard InChI is InChI=1S/C24H24O3/c1-16(22(25)18-11-13-21(14-12-18)24(2,3)4)27-23(26)20-10-9-17-7-5-6-8-19(17)15-20/h5-16H,1-4H3/t16-/m1/s1. The molecule has 0 heterocycles. The minimum Gasteiger partial charge on any atom is -0.451 e. The molecule has 0 aliphatic rings. The highest BCUT2D eigenvalue weighted by molar-refractivity contribution is 6.02. The number of fused-ring (bicyclic) bond motifs is 1. The molecule has 0 bridgehead atoms. The summed E-state index contributed by atoms with van der Waals surface area (Å²) in [5, 5.41) is 2.01. The lowest BCUT2D eigenvalue weighted by Gasteiger charge is -2.19. The molecule has 3 aromatic rings. The molecule has 27 heavy (non-hydrogen) atoms. The zero-order chi connectivity index (χ0) is 19.6. The van der Waals surface area contributed by atoms with Crippen molar-refractivity contribution in [2.75, 3.05) is 0 Å². The second-order valence-electron chi connectivity index (χ2n) is 7.80. The van der Waals surface area contributed by atoms with Gasteiger partial charge in [-0.3, -0.25) is 4.79 Å². The Morgan fingerprint density at radius 2 is 1.41 bits per heavy atom. The summed E-state index contributed by atoms with van der Waals surface area (Å²) in [6.45, 7) is 7.98. The second kappa shape index (κ2) is 7.36. The SMILES string of the molecule is C[C@@H](OC(=O)c1ccc2ccccc2c1)C(=O)c1ccc(C(C)(C)C)cc1. The molecule has 0 aliphatic heterocycles. The fourth-order valence-corrected chi connectivity index (χ4v) is 2.97. The Labute approximate surface area is 160 Å². The number of carbonyl (C=O) groups is 2. The summed E-state index contributed by atoms with van der Waals surface area (Å²) in [6, 6.07) is 20.7. The Balaban J connectivity index is 1.72. The smallest absolute Gasteiger partial charge is 0.338 e. The van der Waals surface area contributed by atoms with Crippen LogP contribution in [0.15, 0.2) is 66.7 Å². The number of Topliss-reactive ketones (excluding diaryl/α,β-unsaturated/α-hetero) is 1. The summed E-state index contributed by atoms with van der Waals surface area (Å²) in [5.74, 6) is -0.697. The van der Waals surface area contributed by atoms with Gasteiger partial charge in [-0.25, -0.2) is 4.79 Å². The van der Waals surface area contributed by atoms with Crippen LogP contribution in [0, 0.1) is 0 Å². The van der Waals surface area contributed by atoms with E-state index < -0.39 is 12.1 Å². The summed E-state index contributed by atoms with van der Waals surface area (Å²) < 4.78 is 5.41. The van der Waals surface area contributed by atoms with Crippen LogP contribution in [-0.2, 0) is 10.2 Å². The number of esters is 1. The zero-order valence-electron chi connectivity index (χ0n) is 16.2. The van der Waals surface area contributed by atoms with Crippen molar-refractivity contribution in [3.8, 4) is 0 Å². The number of rotatable bonds is 4. The van der Waals surface area contributed by atoms with Gasteiger partial charge in [0.2, 0.25) is 5.78 Å². The van der Waals surface area contributed by atoms with Gasteiger partial charge in [-0.05, 0) is 40.8 Å². The maximum atomic E-state index is 12.6. The van der Waals surface area contributed by atoms with Gasteiger partial charge in [0.05, 0.1) is 5.56 Å². The number of ketones is 1. The largest absolute Gasteiger partial charge is 0.451 e. The summed E-state index contributed by atoms with van der Waals surface area (Å²) >= 11 is 0. The van der Waals surface area contributed by atoms with E-state index in [1.165, 1.54) is 0 Å². The van der Waals surface area contributed by atoms with Gasteiger partial charge in [-0.1, -0.05) is 75.4 Å².